The summed E-state index contributed by atoms with van der Waals surface area (Å²) in [6, 6.07) is 7.06. The van der Waals surface area contributed by atoms with E-state index in [4.69, 9.17) is 11.6 Å². The monoisotopic (exact) mass is 305 g/mol. The van der Waals surface area contributed by atoms with Crippen LogP contribution in [0.5, 0.6) is 0 Å². The third-order valence-electron chi connectivity index (χ3n) is 3.76. The molecule has 21 heavy (non-hydrogen) atoms. The fourth-order valence-corrected chi connectivity index (χ4v) is 2.83. The Labute approximate surface area is 127 Å². The first kappa shape index (κ1) is 14.1. The molecule has 110 valence electrons. The molecule has 1 saturated heterocycles. The standard InChI is InChI=1S/C15H16ClN3O2/c16-12-3-5-13(6-4-12)19-10-11(8-17-19)9-18-7-1-2-14(18)15(20)21/h3-6,8,10,14H,1-2,7,9H2,(H,20,21). The highest BCUT2D eigenvalue weighted by molar-refractivity contribution is 6.30. The highest BCUT2D eigenvalue weighted by Gasteiger charge is 2.30. The lowest BCUT2D eigenvalue weighted by Gasteiger charge is -2.19. The van der Waals surface area contributed by atoms with Crippen molar-refractivity contribution in [2.24, 2.45) is 0 Å². The van der Waals surface area contributed by atoms with E-state index in [0.29, 0.717) is 11.6 Å². The lowest BCUT2D eigenvalue weighted by atomic mass is 10.2. The average Bonchev–Trinajstić information content (AvgIpc) is 3.09. The number of carboxylic acid groups (broad SMARTS) is 1. The van der Waals surface area contributed by atoms with Gasteiger partial charge in [-0.1, -0.05) is 11.6 Å². The van der Waals surface area contributed by atoms with Gasteiger partial charge < -0.3 is 5.11 Å². The molecular formula is C15H16ClN3O2. The van der Waals surface area contributed by atoms with Gasteiger partial charge in [0.2, 0.25) is 0 Å². The maximum atomic E-state index is 11.2. The van der Waals surface area contributed by atoms with Gasteiger partial charge in [0.25, 0.3) is 0 Å². The largest absolute Gasteiger partial charge is 0.480 e. The van der Waals surface area contributed by atoms with Gasteiger partial charge in [-0.2, -0.15) is 5.10 Å². The first-order valence-electron chi connectivity index (χ1n) is 6.90. The van der Waals surface area contributed by atoms with Crippen molar-refractivity contribution in [1.29, 1.82) is 0 Å². The first-order chi connectivity index (χ1) is 10.1. The van der Waals surface area contributed by atoms with E-state index in [0.717, 1.165) is 30.6 Å². The van der Waals surface area contributed by atoms with Crippen LogP contribution < -0.4 is 0 Å². The van der Waals surface area contributed by atoms with Crippen molar-refractivity contribution >= 4 is 17.6 Å². The molecule has 1 unspecified atom stereocenters. The van der Waals surface area contributed by atoms with Crippen molar-refractivity contribution in [3.05, 3.63) is 47.2 Å². The Bertz CT molecular complexity index is 639. The Kier molecular flexibility index (Phi) is 3.94. The minimum absolute atomic E-state index is 0.371. The van der Waals surface area contributed by atoms with Crippen LogP contribution in [0.25, 0.3) is 5.69 Å². The molecule has 1 aliphatic heterocycles. The summed E-state index contributed by atoms with van der Waals surface area (Å²) in [5, 5.41) is 14.2. The minimum atomic E-state index is -0.738. The molecular weight excluding hydrogens is 290 g/mol. The fraction of sp³-hybridized carbons (Fsp3) is 0.333. The number of halogens is 1. The summed E-state index contributed by atoms with van der Waals surface area (Å²) in [6.07, 6.45) is 5.37. The Morgan fingerprint density at radius 2 is 2.14 bits per heavy atom. The van der Waals surface area contributed by atoms with Crippen molar-refractivity contribution in [2.45, 2.75) is 25.4 Å². The van der Waals surface area contributed by atoms with Gasteiger partial charge in [0, 0.05) is 23.3 Å². The molecule has 0 radical (unpaired) electrons. The van der Waals surface area contributed by atoms with E-state index in [2.05, 4.69) is 5.10 Å². The van der Waals surface area contributed by atoms with Gasteiger partial charge in [-0.05, 0) is 43.7 Å². The third-order valence-corrected chi connectivity index (χ3v) is 4.01. The normalized spacial score (nSPS) is 19.0. The number of carboxylic acids is 1. The van der Waals surface area contributed by atoms with Crippen LogP contribution in [-0.4, -0.2) is 38.3 Å². The summed E-state index contributed by atoms with van der Waals surface area (Å²) in [4.78, 5) is 13.2. The lowest BCUT2D eigenvalue weighted by molar-refractivity contribution is -0.142. The molecule has 1 aliphatic rings. The van der Waals surface area contributed by atoms with Crippen molar-refractivity contribution in [1.82, 2.24) is 14.7 Å². The van der Waals surface area contributed by atoms with Gasteiger partial charge in [0.15, 0.2) is 0 Å². The molecule has 0 amide bonds. The number of hydrogen-bond acceptors (Lipinski definition) is 3. The number of nitrogens with zero attached hydrogens (tertiary/aromatic N) is 3. The molecule has 6 heteroatoms. The van der Waals surface area contributed by atoms with Crippen molar-refractivity contribution in [2.75, 3.05) is 6.54 Å². The molecule has 0 aliphatic carbocycles. The molecule has 0 bridgehead atoms. The smallest absolute Gasteiger partial charge is 0.320 e. The van der Waals surface area contributed by atoms with E-state index < -0.39 is 5.97 Å². The zero-order valence-corrected chi connectivity index (χ0v) is 12.2. The SMILES string of the molecule is O=C(O)C1CCCN1Cc1cnn(-c2ccc(Cl)cc2)c1. The van der Waals surface area contributed by atoms with Gasteiger partial charge in [-0.15, -0.1) is 0 Å². The Hall–Kier alpha value is -1.85. The summed E-state index contributed by atoms with van der Waals surface area (Å²) >= 11 is 5.87. The molecule has 1 atom stereocenters. The number of hydrogen-bond donors (Lipinski definition) is 1. The Balaban J connectivity index is 1.73. The predicted molar refractivity (Wildman–Crippen MR) is 79.6 cm³/mol. The number of aromatic nitrogens is 2. The van der Waals surface area contributed by atoms with Gasteiger partial charge in [-0.25, -0.2) is 4.68 Å². The summed E-state index contributed by atoms with van der Waals surface area (Å²) in [6.45, 7) is 1.44. The van der Waals surface area contributed by atoms with Gasteiger partial charge in [0.05, 0.1) is 11.9 Å². The summed E-state index contributed by atoms with van der Waals surface area (Å²) < 4.78 is 1.78. The molecule has 1 fully saturated rings. The van der Waals surface area contributed by atoms with Crippen molar-refractivity contribution < 1.29 is 9.90 Å². The van der Waals surface area contributed by atoms with Crippen LogP contribution in [-0.2, 0) is 11.3 Å². The van der Waals surface area contributed by atoms with Crippen LogP contribution in [0.4, 0.5) is 0 Å². The molecule has 3 rings (SSSR count). The van der Waals surface area contributed by atoms with E-state index in [1.165, 1.54) is 0 Å². The minimum Gasteiger partial charge on any atom is -0.480 e. The average molecular weight is 306 g/mol. The topological polar surface area (TPSA) is 58.4 Å². The number of benzene rings is 1. The molecule has 1 N–H and O–H groups in total. The second-order valence-electron chi connectivity index (χ2n) is 5.24. The number of likely N-dealkylation sites (tertiary alicyclic amines) is 1. The van der Waals surface area contributed by atoms with Crippen LogP contribution in [0.2, 0.25) is 5.02 Å². The van der Waals surface area contributed by atoms with Gasteiger partial charge in [-0.3, -0.25) is 9.69 Å². The number of carbonyl (C=O) groups is 1. The summed E-state index contributed by atoms with van der Waals surface area (Å²) in [5.74, 6) is -0.738. The van der Waals surface area contributed by atoms with Crippen LogP contribution >= 0.6 is 11.6 Å². The van der Waals surface area contributed by atoms with Crippen LogP contribution in [0.3, 0.4) is 0 Å². The van der Waals surface area contributed by atoms with Gasteiger partial charge >= 0.3 is 5.97 Å². The van der Waals surface area contributed by atoms with Gasteiger partial charge in [0.1, 0.15) is 6.04 Å². The second kappa shape index (κ2) is 5.87. The van der Waals surface area contributed by atoms with E-state index in [1.807, 2.05) is 35.4 Å². The quantitative estimate of drug-likeness (QED) is 0.943. The number of rotatable bonds is 4. The molecule has 0 spiro atoms. The zero-order valence-electron chi connectivity index (χ0n) is 11.4. The predicted octanol–water partition coefficient (Wildman–Crippen LogP) is 2.57. The second-order valence-corrected chi connectivity index (χ2v) is 5.67. The van der Waals surface area contributed by atoms with Crippen molar-refractivity contribution in [3.63, 3.8) is 0 Å². The molecule has 1 aromatic heterocycles. The highest BCUT2D eigenvalue weighted by Crippen LogP contribution is 2.21. The van der Waals surface area contributed by atoms with E-state index in [-0.39, 0.29) is 6.04 Å². The molecule has 2 heterocycles. The number of aliphatic carboxylic acids is 1. The first-order valence-corrected chi connectivity index (χ1v) is 7.27. The van der Waals surface area contributed by atoms with E-state index >= 15 is 0 Å². The zero-order chi connectivity index (χ0) is 14.8. The summed E-state index contributed by atoms with van der Waals surface area (Å²) in [7, 11) is 0. The summed E-state index contributed by atoms with van der Waals surface area (Å²) in [5.41, 5.74) is 1.94. The Morgan fingerprint density at radius 1 is 1.38 bits per heavy atom. The van der Waals surface area contributed by atoms with Crippen LogP contribution in [0.15, 0.2) is 36.7 Å². The van der Waals surface area contributed by atoms with Crippen molar-refractivity contribution in [3.8, 4) is 5.69 Å². The van der Waals surface area contributed by atoms with E-state index in [1.54, 1.807) is 10.9 Å². The Morgan fingerprint density at radius 3 is 2.86 bits per heavy atom. The molecule has 0 saturated carbocycles. The third kappa shape index (κ3) is 3.09. The van der Waals surface area contributed by atoms with E-state index in [9.17, 15) is 9.90 Å². The van der Waals surface area contributed by atoms with Crippen LogP contribution in [0, 0.1) is 0 Å². The van der Waals surface area contributed by atoms with Crippen LogP contribution in [0.1, 0.15) is 18.4 Å². The fourth-order valence-electron chi connectivity index (χ4n) is 2.71. The lowest BCUT2D eigenvalue weighted by Crippen LogP contribution is -2.35. The highest BCUT2D eigenvalue weighted by atomic mass is 35.5. The molecule has 2 aromatic rings. The molecule has 1 aromatic carbocycles. The maximum Gasteiger partial charge on any atom is 0.320 e. The molecule has 5 nitrogen and oxygen atoms in total. The maximum absolute atomic E-state index is 11.2.